The highest BCUT2D eigenvalue weighted by atomic mass is 35.5. The third kappa shape index (κ3) is 3.65. The first-order valence-electron chi connectivity index (χ1n) is 7.10. The molecule has 3 rings (SSSR count). The SMILES string of the molecule is CC(=O)N=C1S[C@H]2CS(=O)(=O)C[C@@H]2N1c1ccc(Cl)c(C(F)(F)F)c1. The number of thioether (sulfide) groups is 1. The standard InChI is InChI=1S/C14H12ClF3N2O3S2/c1-7(21)19-13-20(11-5-25(22,23)6-12(11)24-13)8-2-3-10(15)9(4-8)14(16,17)18/h2-4,11-12H,5-6H2,1H3/t11-,12-/m0/s1. The van der Waals surface area contributed by atoms with Crippen molar-refractivity contribution < 1.29 is 26.4 Å². The van der Waals surface area contributed by atoms with Crippen molar-refractivity contribution in [3.63, 3.8) is 0 Å². The number of carbonyl (C=O) groups is 1. The molecule has 0 aromatic heterocycles. The van der Waals surface area contributed by atoms with Gasteiger partial charge in [-0.15, -0.1) is 0 Å². The second-order valence-electron chi connectivity index (χ2n) is 5.75. The van der Waals surface area contributed by atoms with Crippen LogP contribution in [0.15, 0.2) is 23.2 Å². The number of sulfone groups is 1. The molecule has 5 nitrogen and oxygen atoms in total. The highest BCUT2D eigenvalue weighted by Gasteiger charge is 2.49. The fraction of sp³-hybridized carbons (Fsp3) is 0.429. The Labute approximate surface area is 151 Å². The van der Waals surface area contributed by atoms with Crippen LogP contribution in [0, 0.1) is 0 Å². The third-order valence-corrected chi connectivity index (χ3v) is 7.39. The van der Waals surface area contributed by atoms with Crippen LogP contribution in [-0.4, -0.2) is 42.3 Å². The molecule has 2 aliphatic heterocycles. The van der Waals surface area contributed by atoms with Crippen LogP contribution in [0.5, 0.6) is 0 Å². The first-order valence-corrected chi connectivity index (χ1v) is 10.2. The van der Waals surface area contributed by atoms with Crippen molar-refractivity contribution in [3.8, 4) is 0 Å². The number of anilines is 1. The number of alkyl halides is 3. The second kappa shape index (κ2) is 6.17. The molecule has 2 saturated heterocycles. The molecule has 25 heavy (non-hydrogen) atoms. The lowest BCUT2D eigenvalue weighted by Gasteiger charge is -2.25. The molecule has 2 atom stereocenters. The molecule has 0 saturated carbocycles. The van der Waals surface area contributed by atoms with Gasteiger partial charge in [-0.25, -0.2) is 8.42 Å². The predicted molar refractivity (Wildman–Crippen MR) is 90.9 cm³/mol. The van der Waals surface area contributed by atoms with E-state index in [4.69, 9.17) is 11.6 Å². The zero-order valence-electron chi connectivity index (χ0n) is 12.7. The summed E-state index contributed by atoms with van der Waals surface area (Å²) in [5.74, 6) is -0.818. The monoisotopic (exact) mass is 412 g/mol. The van der Waals surface area contributed by atoms with Gasteiger partial charge in [0.25, 0.3) is 0 Å². The van der Waals surface area contributed by atoms with Crippen molar-refractivity contribution in [2.24, 2.45) is 4.99 Å². The van der Waals surface area contributed by atoms with Crippen molar-refractivity contribution in [2.75, 3.05) is 16.4 Å². The van der Waals surface area contributed by atoms with Gasteiger partial charge in [0.2, 0.25) is 5.91 Å². The Morgan fingerprint density at radius 2 is 2.04 bits per heavy atom. The van der Waals surface area contributed by atoms with Gasteiger partial charge < -0.3 is 4.90 Å². The summed E-state index contributed by atoms with van der Waals surface area (Å²) < 4.78 is 63.1. The topological polar surface area (TPSA) is 66.8 Å². The lowest BCUT2D eigenvalue weighted by molar-refractivity contribution is -0.137. The number of amides is 1. The molecule has 0 N–H and O–H groups in total. The summed E-state index contributed by atoms with van der Waals surface area (Å²) in [6.45, 7) is 1.22. The van der Waals surface area contributed by atoms with Gasteiger partial charge in [-0.05, 0) is 18.2 Å². The maximum Gasteiger partial charge on any atom is 0.417 e. The summed E-state index contributed by atoms with van der Waals surface area (Å²) in [6, 6.07) is 2.75. The number of aliphatic imine (C=N–C) groups is 1. The second-order valence-corrected chi connectivity index (χ2v) is 9.51. The minimum atomic E-state index is -4.65. The van der Waals surface area contributed by atoms with Gasteiger partial charge in [-0.2, -0.15) is 18.2 Å². The fourth-order valence-corrected chi connectivity index (χ4v) is 7.06. The van der Waals surface area contributed by atoms with E-state index in [1.165, 1.54) is 17.9 Å². The average Bonchev–Trinajstić information content (AvgIpc) is 2.88. The predicted octanol–water partition coefficient (Wildman–Crippen LogP) is 2.98. The number of halogens is 4. The van der Waals surface area contributed by atoms with Crippen molar-refractivity contribution in [1.29, 1.82) is 0 Å². The molecule has 2 heterocycles. The molecular formula is C14H12ClF3N2O3S2. The summed E-state index contributed by atoms with van der Waals surface area (Å²) in [5.41, 5.74) is -0.919. The molecule has 1 aromatic carbocycles. The van der Waals surface area contributed by atoms with Crippen molar-refractivity contribution in [3.05, 3.63) is 28.8 Å². The Morgan fingerprint density at radius 3 is 2.64 bits per heavy atom. The largest absolute Gasteiger partial charge is 0.417 e. The van der Waals surface area contributed by atoms with E-state index >= 15 is 0 Å². The highest BCUT2D eigenvalue weighted by molar-refractivity contribution is 8.16. The third-order valence-electron chi connectivity index (χ3n) is 3.85. The molecule has 0 spiro atoms. The van der Waals surface area contributed by atoms with Gasteiger partial charge in [-0.3, -0.25) is 4.79 Å². The zero-order valence-corrected chi connectivity index (χ0v) is 15.1. The van der Waals surface area contributed by atoms with Gasteiger partial charge in [-0.1, -0.05) is 23.4 Å². The number of carbonyl (C=O) groups excluding carboxylic acids is 1. The Morgan fingerprint density at radius 1 is 1.36 bits per heavy atom. The number of amidine groups is 1. The minimum absolute atomic E-state index is 0.102. The highest BCUT2D eigenvalue weighted by Crippen LogP contribution is 2.43. The maximum atomic E-state index is 13.1. The lowest BCUT2D eigenvalue weighted by atomic mass is 10.1. The normalized spacial score (nSPS) is 26.9. The molecule has 0 unspecified atom stereocenters. The minimum Gasteiger partial charge on any atom is -0.316 e. The van der Waals surface area contributed by atoms with Crippen LogP contribution in [-0.2, 0) is 20.8 Å². The van der Waals surface area contributed by atoms with Gasteiger partial charge in [0.05, 0.1) is 28.1 Å². The zero-order chi connectivity index (χ0) is 18.6. The summed E-state index contributed by atoms with van der Waals surface area (Å²) in [4.78, 5) is 16.6. The van der Waals surface area contributed by atoms with E-state index in [9.17, 15) is 26.4 Å². The van der Waals surface area contributed by atoms with E-state index in [1.54, 1.807) is 0 Å². The summed E-state index contributed by atoms with van der Waals surface area (Å²) >= 11 is 6.73. The molecule has 2 aliphatic rings. The fourth-order valence-electron chi connectivity index (χ4n) is 2.88. The first-order chi connectivity index (χ1) is 11.5. The average molecular weight is 413 g/mol. The molecule has 2 fully saturated rings. The van der Waals surface area contributed by atoms with E-state index < -0.39 is 38.5 Å². The summed E-state index contributed by atoms with van der Waals surface area (Å²) in [5, 5.41) is -0.635. The van der Waals surface area contributed by atoms with E-state index in [2.05, 4.69) is 4.99 Å². The summed E-state index contributed by atoms with van der Waals surface area (Å²) in [6.07, 6.45) is -4.65. The van der Waals surface area contributed by atoms with Gasteiger partial charge >= 0.3 is 6.18 Å². The number of hydrogen-bond donors (Lipinski definition) is 0. The van der Waals surface area contributed by atoms with Crippen LogP contribution in [0.25, 0.3) is 0 Å². The Balaban J connectivity index is 2.10. The Hall–Kier alpha value is -1.26. The van der Waals surface area contributed by atoms with Crippen LogP contribution in [0.2, 0.25) is 5.02 Å². The Bertz CT molecular complexity index is 871. The van der Waals surface area contributed by atoms with Gasteiger partial charge in [0.1, 0.15) is 0 Å². The number of hydrogen-bond acceptors (Lipinski definition) is 4. The first kappa shape index (κ1) is 18.5. The number of nitrogens with zero attached hydrogens (tertiary/aromatic N) is 2. The van der Waals surface area contributed by atoms with E-state index in [1.807, 2.05) is 0 Å². The van der Waals surface area contributed by atoms with Crippen molar-refractivity contribution in [1.82, 2.24) is 0 Å². The Kier molecular flexibility index (Phi) is 4.57. The molecular weight excluding hydrogens is 401 g/mol. The molecule has 0 bridgehead atoms. The number of benzene rings is 1. The maximum absolute atomic E-state index is 13.1. The number of rotatable bonds is 1. The van der Waals surface area contributed by atoms with Crippen LogP contribution < -0.4 is 4.90 Å². The van der Waals surface area contributed by atoms with Gasteiger partial charge in [0, 0.05) is 17.9 Å². The summed E-state index contributed by atoms with van der Waals surface area (Å²) in [7, 11) is -3.30. The molecule has 0 radical (unpaired) electrons. The van der Waals surface area contributed by atoms with Crippen molar-refractivity contribution in [2.45, 2.75) is 24.4 Å². The van der Waals surface area contributed by atoms with E-state index in [-0.39, 0.29) is 27.6 Å². The van der Waals surface area contributed by atoms with Crippen LogP contribution in [0.1, 0.15) is 12.5 Å². The van der Waals surface area contributed by atoms with Crippen LogP contribution in [0.4, 0.5) is 18.9 Å². The molecule has 136 valence electrons. The van der Waals surface area contributed by atoms with Crippen molar-refractivity contribution >= 4 is 50.0 Å². The molecule has 0 aliphatic carbocycles. The molecule has 1 aromatic rings. The quantitative estimate of drug-likeness (QED) is 0.709. The lowest BCUT2D eigenvalue weighted by Crippen LogP contribution is -2.37. The molecule has 1 amide bonds. The van der Waals surface area contributed by atoms with E-state index in [0.29, 0.717) is 0 Å². The van der Waals surface area contributed by atoms with E-state index in [0.717, 1.165) is 23.9 Å². The van der Waals surface area contributed by atoms with Gasteiger partial charge in [0.15, 0.2) is 15.0 Å². The smallest absolute Gasteiger partial charge is 0.316 e. The van der Waals surface area contributed by atoms with Crippen LogP contribution >= 0.6 is 23.4 Å². The molecule has 11 heteroatoms. The van der Waals surface area contributed by atoms with Crippen LogP contribution in [0.3, 0.4) is 0 Å². The number of fused-ring (bicyclic) bond motifs is 1.